The molecule has 0 aromatic rings. The first-order valence-corrected chi connectivity index (χ1v) is 15.1. The summed E-state index contributed by atoms with van der Waals surface area (Å²) < 4.78 is 19.3. The van der Waals surface area contributed by atoms with Gasteiger partial charge in [-0.25, -0.2) is 0 Å². The molecule has 6 heteroatoms. The summed E-state index contributed by atoms with van der Waals surface area (Å²) in [6.45, 7) is 23.5. The van der Waals surface area contributed by atoms with Gasteiger partial charge >= 0.3 is 0 Å². The van der Waals surface area contributed by atoms with Gasteiger partial charge in [-0.1, -0.05) is 41.5 Å². The predicted molar refractivity (Wildman–Crippen MR) is 108 cm³/mol. The molecule has 0 spiro atoms. The molecule has 0 aliphatic carbocycles. The van der Waals surface area contributed by atoms with Crippen LogP contribution < -0.4 is 5.32 Å². The van der Waals surface area contributed by atoms with Crippen LogP contribution in [0.15, 0.2) is 0 Å². The number of hydrogen-bond acceptors (Lipinski definition) is 4. The molecule has 1 N–H and O–H groups in total. The van der Waals surface area contributed by atoms with Crippen molar-refractivity contribution in [3.8, 4) is 0 Å². The van der Waals surface area contributed by atoms with E-state index in [-0.39, 0.29) is 28.5 Å². The van der Waals surface area contributed by atoms with E-state index < -0.39 is 16.6 Å². The van der Waals surface area contributed by atoms with Gasteiger partial charge in [0.25, 0.3) is 0 Å². The first kappa shape index (κ1) is 22.3. The fourth-order valence-corrected chi connectivity index (χ4v) is 4.61. The summed E-state index contributed by atoms with van der Waals surface area (Å²) >= 11 is 0. The maximum atomic E-state index is 6.67. The maximum Gasteiger partial charge on any atom is 0.192 e. The van der Waals surface area contributed by atoms with Crippen LogP contribution in [0, 0.1) is 0 Å². The summed E-state index contributed by atoms with van der Waals surface area (Å²) in [6, 6.07) is 0. The molecule has 0 saturated carbocycles. The van der Waals surface area contributed by atoms with E-state index in [1.165, 1.54) is 0 Å². The minimum Gasteiger partial charge on any atom is -0.414 e. The molecule has 24 heavy (non-hydrogen) atoms. The molecule has 3 atom stereocenters. The number of rotatable bonds is 6. The first-order chi connectivity index (χ1) is 10.6. The molecule has 0 radical (unpaired) electrons. The summed E-state index contributed by atoms with van der Waals surface area (Å²) in [6.07, 6.45) is 1.10. The lowest BCUT2D eigenvalue weighted by Crippen LogP contribution is -2.48. The van der Waals surface area contributed by atoms with Gasteiger partial charge in [0.05, 0.1) is 12.7 Å². The van der Waals surface area contributed by atoms with Gasteiger partial charge in [0.1, 0.15) is 12.3 Å². The van der Waals surface area contributed by atoms with Crippen molar-refractivity contribution in [1.82, 2.24) is 5.32 Å². The molecule has 0 amide bonds. The van der Waals surface area contributed by atoms with Crippen molar-refractivity contribution < 1.29 is 13.6 Å². The highest BCUT2D eigenvalue weighted by atomic mass is 28.4. The number of ether oxygens (including phenoxy) is 1. The smallest absolute Gasteiger partial charge is 0.192 e. The lowest BCUT2D eigenvalue weighted by atomic mass is 10.2. The van der Waals surface area contributed by atoms with Crippen LogP contribution in [-0.2, 0) is 13.6 Å². The van der Waals surface area contributed by atoms with Gasteiger partial charge in [0.2, 0.25) is 0 Å². The average Bonchev–Trinajstić information content (AvgIpc) is 2.75. The average molecular weight is 376 g/mol. The number of nitrogens with one attached hydrogen (secondary N) is 1. The summed E-state index contributed by atoms with van der Waals surface area (Å²) in [7, 11) is -1.64. The van der Waals surface area contributed by atoms with Crippen LogP contribution in [0.25, 0.3) is 0 Å². The Balaban J connectivity index is 2.80. The largest absolute Gasteiger partial charge is 0.414 e. The van der Waals surface area contributed by atoms with Gasteiger partial charge in [-0.2, -0.15) is 0 Å². The van der Waals surface area contributed by atoms with E-state index in [0.29, 0.717) is 6.61 Å². The third-order valence-electron chi connectivity index (χ3n) is 6.19. The van der Waals surface area contributed by atoms with Gasteiger partial charge in [0.15, 0.2) is 16.6 Å². The normalized spacial score (nSPS) is 26.9. The summed E-state index contributed by atoms with van der Waals surface area (Å²) in [5.74, 6) is 0. The molecule has 1 saturated heterocycles. The minimum atomic E-state index is -1.82. The second-order valence-electron chi connectivity index (χ2n) is 10.2. The van der Waals surface area contributed by atoms with Crippen molar-refractivity contribution in [2.24, 2.45) is 0 Å². The second-order valence-corrected chi connectivity index (χ2v) is 19.7. The summed E-state index contributed by atoms with van der Waals surface area (Å²) in [4.78, 5) is 0. The molecule has 1 rings (SSSR count). The Morgan fingerprint density at radius 3 is 1.88 bits per heavy atom. The Bertz CT molecular complexity index is 413. The van der Waals surface area contributed by atoms with Crippen LogP contribution in [0.1, 0.15) is 48.0 Å². The quantitative estimate of drug-likeness (QED) is 0.681. The molecular weight excluding hydrogens is 334 g/mol. The standard InChI is InChI=1S/C18H41NO3Si2/c1-17(2,3)23(8,9)20-13-15-14(12-16(19-7)21-15)22-24(10,11)18(4,5)6/h14-16,19H,12-13H2,1-11H3/t14?,15-,16-/m1/s1. The molecule has 144 valence electrons. The zero-order valence-electron chi connectivity index (χ0n) is 17.9. The SMILES string of the molecule is CN[C@H]1CC(O[Si](C)(C)C(C)(C)C)[C@@H](CO[Si](C)(C)C(C)(C)C)O1. The van der Waals surface area contributed by atoms with Crippen molar-refractivity contribution in [2.75, 3.05) is 13.7 Å². The summed E-state index contributed by atoms with van der Waals surface area (Å²) in [5.41, 5.74) is 0. The highest BCUT2D eigenvalue weighted by molar-refractivity contribution is 6.74. The Morgan fingerprint density at radius 2 is 1.46 bits per heavy atom. The zero-order valence-corrected chi connectivity index (χ0v) is 19.9. The van der Waals surface area contributed by atoms with Crippen LogP contribution in [-0.4, -0.2) is 48.7 Å². The van der Waals surface area contributed by atoms with E-state index in [1.54, 1.807) is 0 Å². The van der Waals surface area contributed by atoms with Gasteiger partial charge in [-0.3, -0.25) is 5.32 Å². The minimum absolute atomic E-state index is 0.0192. The summed E-state index contributed by atoms with van der Waals surface area (Å²) in [5, 5.41) is 3.66. The maximum absolute atomic E-state index is 6.67. The second kappa shape index (κ2) is 7.49. The molecule has 0 bridgehead atoms. The van der Waals surface area contributed by atoms with Crippen molar-refractivity contribution in [3.63, 3.8) is 0 Å². The highest BCUT2D eigenvalue weighted by Crippen LogP contribution is 2.40. The molecule has 1 fully saturated rings. The van der Waals surface area contributed by atoms with E-state index in [9.17, 15) is 0 Å². The fraction of sp³-hybridized carbons (Fsp3) is 1.00. The topological polar surface area (TPSA) is 39.7 Å². The molecule has 1 unspecified atom stereocenters. The number of hydrogen-bond donors (Lipinski definition) is 1. The molecule has 0 aromatic carbocycles. The van der Waals surface area contributed by atoms with E-state index >= 15 is 0 Å². The van der Waals surface area contributed by atoms with Gasteiger partial charge in [-0.05, 0) is 43.3 Å². The van der Waals surface area contributed by atoms with Crippen LogP contribution >= 0.6 is 0 Å². The Labute approximate surface area is 152 Å². The van der Waals surface area contributed by atoms with Crippen molar-refractivity contribution in [1.29, 1.82) is 0 Å². The van der Waals surface area contributed by atoms with E-state index in [1.807, 2.05) is 7.05 Å². The lowest BCUT2D eigenvalue weighted by Gasteiger charge is -2.40. The van der Waals surface area contributed by atoms with Crippen molar-refractivity contribution in [2.45, 2.75) is 103 Å². The monoisotopic (exact) mass is 375 g/mol. The Morgan fingerprint density at radius 1 is 0.958 bits per heavy atom. The third-order valence-corrected chi connectivity index (χ3v) is 15.2. The van der Waals surface area contributed by atoms with Crippen LogP contribution in [0.5, 0.6) is 0 Å². The Kier molecular flexibility index (Phi) is 6.96. The van der Waals surface area contributed by atoms with E-state index in [2.05, 4.69) is 73.0 Å². The van der Waals surface area contributed by atoms with E-state index in [0.717, 1.165) is 6.42 Å². The molecule has 0 aromatic heterocycles. The van der Waals surface area contributed by atoms with Crippen LogP contribution in [0.4, 0.5) is 0 Å². The van der Waals surface area contributed by atoms with E-state index in [4.69, 9.17) is 13.6 Å². The molecule has 4 nitrogen and oxygen atoms in total. The zero-order chi connectivity index (χ0) is 19.0. The van der Waals surface area contributed by atoms with Crippen molar-refractivity contribution in [3.05, 3.63) is 0 Å². The van der Waals surface area contributed by atoms with Gasteiger partial charge < -0.3 is 13.6 Å². The first-order valence-electron chi connectivity index (χ1n) is 9.25. The molecule has 1 aliphatic rings. The van der Waals surface area contributed by atoms with Crippen molar-refractivity contribution >= 4 is 16.6 Å². The molecule has 1 heterocycles. The van der Waals surface area contributed by atoms with Gasteiger partial charge in [-0.15, -0.1) is 0 Å². The lowest BCUT2D eigenvalue weighted by molar-refractivity contribution is -0.0229. The van der Waals surface area contributed by atoms with Gasteiger partial charge in [0, 0.05) is 6.42 Å². The molecular formula is C18H41NO3Si2. The third kappa shape index (κ3) is 5.38. The highest BCUT2D eigenvalue weighted by Gasteiger charge is 2.45. The predicted octanol–water partition coefficient (Wildman–Crippen LogP) is 4.73. The van der Waals surface area contributed by atoms with Crippen LogP contribution in [0.2, 0.25) is 36.3 Å². The molecule has 1 aliphatic heterocycles. The fourth-order valence-electron chi connectivity index (χ4n) is 2.24. The van der Waals surface area contributed by atoms with Crippen LogP contribution in [0.3, 0.4) is 0 Å². The Hall–Kier alpha value is 0.274.